The molecule has 0 aromatic heterocycles. The smallest absolute Gasteiger partial charge is 0.416 e. The number of esters is 1. The number of primary amides is 1. The van der Waals surface area contributed by atoms with Crippen molar-refractivity contribution in [1.29, 1.82) is 0 Å². The van der Waals surface area contributed by atoms with Gasteiger partial charge in [0, 0.05) is 13.0 Å². The molecular formula is C30H29F3N2O4. The van der Waals surface area contributed by atoms with Gasteiger partial charge in [0.1, 0.15) is 11.8 Å². The number of rotatable bonds is 8. The molecule has 4 rings (SSSR count). The van der Waals surface area contributed by atoms with Crippen LogP contribution in [0.15, 0.2) is 66.7 Å². The molecule has 2 amide bonds. The van der Waals surface area contributed by atoms with E-state index in [9.17, 15) is 27.6 Å². The van der Waals surface area contributed by atoms with Gasteiger partial charge in [-0.3, -0.25) is 9.59 Å². The van der Waals surface area contributed by atoms with E-state index in [0.717, 1.165) is 37.0 Å². The van der Waals surface area contributed by atoms with Crippen molar-refractivity contribution in [2.75, 3.05) is 6.54 Å². The van der Waals surface area contributed by atoms with E-state index in [4.69, 9.17) is 10.5 Å². The number of carbonyl (C=O) groups excluding carboxylic acids is 3. The van der Waals surface area contributed by atoms with E-state index >= 15 is 0 Å². The molecule has 9 heteroatoms. The van der Waals surface area contributed by atoms with Crippen LogP contribution in [0.4, 0.5) is 13.2 Å². The number of nitrogens with two attached hydrogens (primary N) is 1. The van der Waals surface area contributed by atoms with Crippen molar-refractivity contribution in [3.05, 3.63) is 89.0 Å². The third-order valence-corrected chi connectivity index (χ3v) is 6.81. The molecule has 3 aromatic rings. The van der Waals surface area contributed by atoms with Crippen LogP contribution in [-0.4, -0.2) is 29.2 Å². The van der Waals surface area contributed by atoms with Gasteiger partial charge in [-0.2, -0.15) is 13.2 Å². The summed E-state index contributed by atoms with van der Waals surface area (Å²) in [7, 11) is 0. The highest BCUT2D eigenvalue weighted by atomic mass is 19.4. The first-order chi connectivity index (χ1) is 18.6. The lowest BCUT2D eigenvalue weighted by atomic mass is 9.91. The van der Waals surface area contributed by atoms with Crippen molar-refractivity contribution in [3.63, 3.8) is 0 Å². The lowest BCUT2D eigenvalue weighted by Crippen LogP contribution is -2.45. The molecule has 3 aromatic carbocycles. The first-order valence-electron chi connectivity index (χ1n) is 12.8. The quantitative estimate of drug-likeness (QED) is 0.214. The topological polar surface area (TPSA) is 89.7 Å². The highest BCUT2D eigenvalue weighted by molar-refractivity contribution is 5.98. The van der Waals surface area contributed by atoms with Gasteiger partial charge in [-0.15, -0.1) is 0 Å². The summed E-state index contributed by atoms with van der Waals surface area (Å²) in [6, 6.07) is 15.0. The fraction of sp³-hybridized carbons (Fsp3) is 0.300. The first-order valence-corrected chi connectivity index (χ1v) is 12.8. The number of alkyl halides is 3. The summed E-state index contributed by atoms with van der Waals surface area (Å²) in [5.41, 5.74) is 7.31. The average Bonchev–Trinajstić information content (AvgIpc) is 2.91. The summed E-state index contributed by atoms with van der Waals surface area (Å²) in [6.45, 7) is 2.37. The second kappa shape index (κ2) is 11.7. The van der Waals surface area contributed by atoms with Crippen LogP contribution in [-0.2, 0) is 22.2 Å². The summed E-state index contributed by atoms with van der Waals surface area (Å²) in [5, 5.41) is 0. The van der Waals surface area contributed by atoms with Gasteiger partial charge >= 0.3 is 12.1 Å². The van der Waals surface area contributed by atoms with Gasteiger partial charge in [0.15, 0.2) is 0 Å². The maximum Gasteiger partial charge on any atom is 0.416 e. The number of amides is 2. The second-order valence-electron chi connectivity index (χ2n) is 9.47. The highest BCUT2D eigenvalue weighted by Crippen LogP contribution is 2.34. The molecule has 1 aliphatic heterocycles. The van der Waals surface area contributed by atoms with Crippen molar-refractivity contribution in [2.45, 2.75) is 51.2 Å². The van der Waals surface area contributed by atoms with Crippen LogP contribution in [0.25, 0.3) is 11.1 Å². The standard InChI is InChI=1S/C30H29F3N2O4/c1-2-3-4-9-26(36)35-17-16-20-18-22(14-15-24(20)27(35)28(34)37)39-29(38)25-8-6-5-7-23(25)19-10-12-21(13-11-19)30(31,32)33/h5-8,10-15,18,27H,2-4,9,16-17H2,1H3,(H2,34,37). The molecule has 0 saturated heterocycles. The van der Waals surface area contributed by atoms with E-state index in [2.05, 4.69) is 0 Å². The van der Waals surface area contributed by atoms with Gasteiger partial charge in [-0.1, -0.05) is 56.2 Å². The molecule has 0 aliphatic carbocycles. The SMILES string of the molecule is CCCCCC(=O)N1CCc2cc(OC(=O)c3ccccc3-c3ccc(C(F)(F)F)cc3)ccc2C1C(N)=O. The Bertz CT molecular complexity index is 1370. The normalized spacial score (nSPS) is 15.0. The molecule has 0 radical (unpaired) electrons. The predicted octanol–water partition coefficient (Wildman–Crippen LogP) is 6.08. The second-order valence-corrected chi connectivity index (χ2v) is 9.47. The number of nitrogens with zero attached hydrogens (tertiary/aromatic N) is 1. The average molecular weight is 539 g/mol. The van der Waals surface area contributed by atoms with E-state index in [1.165, 1.54) is 17.0 Å². The van der Waals surface area contributed by atoms with E-state index < -0.39 is 29.7 Å². The molecule has 0 saturated carbocycles. The van der Waals surface area contributed by atoms with Crippen molar-refractivity contribution >= 4 is 17.8 Å². The molecule has 1 atom stereocenters. The first kappa shape index (κ1) is 27.9. The molecule has 204 valence electrons. The third kappa shape index (κ3) is 6.30. The summed E-state index contributed by atoms with van der Waals surface area (Å²) >= 11 is 0. The van der Waals surface area contributed by atoms with Gasteiger partial charge < -0.3 is 15.4 Å². The van der Waals surface area contributed by atoms with Gasteiger partial charge in [0.05, 0.1) is 11.1 Å². The third-order valence-electron chi connectivity index (χ3n) is 6.81. The lowest BCUT2D eigenvalue weighted by Gasteiger charge is -2.35. The fourth-order valence-corrected chi connectivity index (χ4v) is 4.83. The van der Waals surface area contributed by atoms with E-state index in [1.54, 1.807) is 42.5 Å². The zero-order valence-electron chi connectivity index (χ0n) is 21.5. The van der Waals surface area contributed by atoms with E-state index in [0.29, 0.717) is 36.1 Å². The molecule has 0 spiro atoms. The fourth-order valence-electron chi connectivity index (χ4n) is 4.83. The van der Waals surface area contributed by atoms with E-state index in [-0.39, 0.29) is 17.2 Å². The van der Waals surface area contributed by atoms with Crippen molar-refractivity contribution in [2.24, 2.45) is 5.73 Å². The Morgan fingerprint density at radius 1 is 1.00 bits per heavy atom. The predicted molar refractivity (Wildman–Crippen MR) is 140 cm³/mol. The van der Waals surface area contributed by atoms with Crippen LogP contribution in [0.3, 0.4) is 0 Å². The number of hydrogen-bond acceptors (Lipinski definition) is 4. The Morgan fingerprint density at radius 3 is 2.38 bits per heavy atom. The molecule has 0 bridgehead atoms. The van der Waals surface area contributed by atoms with Crippen LogP contribution in [0.5, 0.6) is 5.75 Å². The molecular weight excluding hydrogens is 509 g/mol. The highest BCUT2D eigenvalue weighted by Gasteiger charge is 2.35. The van der Waals surface area contributed by atoms with Gasteiger partial charge in [0.25, 0.3) is 0 Å². The maximum absolute atomic E-state index is 13.1. The number of benzene rings is 3. The Balaban J connectivity index is 1.55. The number of halogens is 3. The van der Waals surface area contributed by atoms with Crippen molar-refractivity contribution in [3.8, 4) is 16.9 Å². The van der Waals surface area contributed by atoms with Crippen LogP contribution < -0.4 is 10.5 Å². The lowest BCUT2D eigenvalue weighted by molar-refractivity contribution is -0.140. The van der Waals surface area contributed by atoms with Crippen LogP contribution in [0.2, 0.25) is 0 Å². The Labute approximate surface area is 224 Å². The monoisotopic (exact) mass is 538 g/mol. The molecule has 1 aliphatic rings. The summed E-state index contributed by atoms with van der Waals surface area (Å²) in [5.74, 6) is -1.18. The molecule has 1 unspecified atom stereocenters. The van der Waals surface area contributed by atoms with Crippen LogP contribution in [0.1, 0.15) is 65.7 Å². The molecule has 39 heavy (non-hydrogen) atoms. The zero-order valence-corrected chi connectivity index (χ0v) is 21.5. The summed E-state index contributed by atoms with van der Waals surface area (Å²) in [6.07, 6.45) is -1.00. The van der Waals surface area contributed by atoms with Gasteiger partial charge in [0.2, 0.25) is 11.8 Å². The van der Waals surface area contributed by atoms with Crippen molar-refractivity contribution in [1.82, 2.24) is 4.90 Å². The number of hydrogen-bond donors (Lipinski definition) is 1. The number of ether oxygens (including phenoxy) is 1. The minimum atomic E-state index is -4.46. The van der Waals surface area contributed by atoms with E-state index in [1.807, 2.05) is 6.92 Å². The number of unbranched alkanes of at least 4 members (excludes halogenated alkanes) is 2. The van der Waals surface area contributed by atoms with Gasteiger partial charge in [-0.25, -0.2) is 4.79 Å². The number of carbonyl (C=O) groups is 3. The molecule has 0 fully saturated rings. The van der Waals surface area contributed by atoms with Crippen molar-refractivity contribution < 1.29 is 32.3 Å². The van der Waals surface area contributed by atoms with Crippen LogP contribution in [0, 0.1) is 0 Å². The Kier molecular flexibility index (Phi) is 8.38. The molecule has 2 N–H and O–H groups in total. The zero-order chi connectivity index (χ0) is 28.2. The molecule has 1 heterocycles. The summed E-state index contributed by atoms with van der Waals surface area (Å²) in [4.78, 5) is 39.7. The largest absolute Gasteiger partial charge is 0.423 e. The Morgan fingerprint density at radius 2 is 1.72 bits per heavy atom. The summed E-state index contributed by atoms with van der Waals surface area (Å²) < 4.78 is 44.5. The van der Waals surface area contributed by atoms with Gasteiger partial charge in [-0.05, 0) is 65.4 Å². The maximum atomic E-state index is 13.1. The number of fused-ring (bicyclic) bond motifs is 1. The Hall–Kier alpha value is -4.14. The minimum absolute atomic E-state index is 0.117. The minimum Gasteiger partial charge on any atom is -0.423 e. The van der Waals surface area contributed by atoms with Crippen LogP contribution >= 0.6 is 0 Å². The molecule has 6 nitrogen and oxygen atoms in total.